The molecular formula is C20H22BrFN4O2S. The monoisotopic (exact) mass is 480 g/mol. The summed E-state index contributed by atoms with van der Waals surface area (Å²) in [5.74, 6) is 1.30. The van der Waals surface area contributed by atoms with Gasteiger partial charge in [0.25, 0.3) is 0 Å². The van der Waals surface area contributed by atoms with Gasteiger partial charge in [0.15, 0.2) is 15.3 Å². The molecule has 29 heavy (non-hydrogen) atoms. The Balaban J connectivity index is 1.61. The predicted molar refractivity (Wildman–Crippen MR) is 113 cm³/mol. The summed E-state index contributed by atoms with van der Waals surface area (Å²) in [6.07, 6.45) is 2.18. The van der Waals surface area contributed by atoms with E-state index in [2.05, 4.69) is 20.8 Å². The minimum absolute atomic E-state index is 0.122. The molecule has 1 aliphatic heterocycles. The topological polar surface area (TPSA) is 48.4 Å². The number of ether oxygens (including phenoxy) is 1. The highest BCUT2D eigenvalue weighted by Gasteiger charge is 2.21. The largest absolute Gasteiger partial charge is 0.453 e. The lowest BCUT2D eigenvalue weighted by atomic mass is 10.2. The Morgan fingerprint density at radius 1 is 1.28 bits per heavy atom. The summed E-state index contributed by atoms with van der Waals surface area (Å²) in [5, 5.41) is 4.75. The van der Waals surface area contributed by atoms with Crippen LogP contribution in [0.5, 0.6) is 0 Å². The SMILES string of the molecule is CN(Cc1ccc(Br)o1)Cn1nc(-c2ccc(F)cc2)n(CC2CCCO2)c1=S. The second kappa shape index (κ2) is 8.91. The van der Waals surface area contributed by atoms with E-state index in [0.29, 0.717) is 29.2 Å². The Kier molecular flexibility index (Phi) is 6.29. The van der Waals surface area contributed by atoms with Crippen molar-refractivity contribution in [2.75, 3.05) is 13.7 Å². The zero-order chi connectivity index (χ0) is 20.4. The van der Waals surface area contributed by atoms with E-state index in [9.17, 15) is 4.39 Å². The van der Waals surface area contributed by atoms with Crippen LogP contribution in [0.15, 0.2) is 45.5 Å². The van der Waals surface area contributed by atoms with Crippen LogP contribution in [0.1, 0.15) is 18.6 Å². The lowest BCUT2D eigenvalue weighted by molar-refractivity contribution is 0.0967. The second-order valence-corrected chi connectivity index (χ2v) is 8.37. The van der Waals surface area contributed by atoms with Crippen LogP contribution in [0.25, 0.3) is 11.4 Å². The molecular weight excluding hydrogens is 459 g/mol. The molecule has 0 saturated carbocycles. The molecule has 1 saturated heterocycles. The maximum Gasteiger partial charge on any atom is 0.199 e. The second-order valence-electron chi connectivity index (χ2n) is 7.22. The molecule has 1 aromatic carbocycles. The smallest absolute Gasteiger partial charge is 0.199 e. The van der Waals surface area contributed by atoms with Gasteiger partial charge in [-0.3, -0.25) is 9.47 Å². The lowest BCUT2D eigenvalue weighted by Crippen LogP contribution is -2.22. The van der Waals surface area contributed by atoms with Gasteiger partial charge in [-0.25, -0.2) is 9.07 Å². The van der Waals surface area contributed by atoms with E-state index in [1.807, 2.05) is 23.7 Å². The fourth-order valence-corrected chi connectivity index (χ4v) is 4.08. The Morgan fingerprint density at radius 2 is 2.07 bits per heavy atom. The van der Waals surface area contributed by atoms with Crippen LogP contribution >= 0.6 is 28.1 Å². The quantitative estimate of drug-likeness (QED) is 0.452. The Bertz CT molecular complexity index is 1020. The molecule has 0 spiro atoms. The van der Waals surface area contributed by atoms with E-state index in [1.54, 1.807) is 16.8 Å². The third-order valence-corrected chi connectivity index (χ3v) is 5.72. The van der Waals surface area contributed by atoms with E-state index in [-0.39, 0.29) is 11.9 Å². The Morgan fingerprint density at radius 3 is 2.72 bits per heavy atom. The standard InChI is InChI=1S/C20H22BrFN4O2S/c1-24(11-17-8-9-18(21)28-17)13-26-20(29)25(12-16-3-2-10-27-16)19(23-26)14-4-6-15(22)7-5-14/h4-9,16H,2-3,10-13H2,1H3. The number of hydrogen-bond donors (Lipinski definition) is 0. The highest BCUT2D eigenvalue weighted by Crippen LogP contribution is 2.23. The van der Waals surface area contributed by atoms with Crippen molar-refractivity contribution in [1.82, 2.24) is 19.2 Å². The van der Waals surface area contributed by atoms with Crippen LogP contribution in [0, 0.1) is 10.6 Å². The van der Waals surface area contributed by atoms with E-state index in [0.717, 1.165) is 36.6 Å². The van der Waals surface area contributed by atoms with Crippen molar-refractivity contribution in [1.29, 1.82) is 0 Å². The van der Waals surface area contributed by atoms with Gasteiger partial charge in [0.2, 0.25) is 0 Å². The summed E-state index contributed by atoms with van der Waals surface area (Å²) in [6, 6.07) is 10.1. The summed E-state index contributed by atoms with van der Waals surface area (Å²) in [5.41, 5.74) is 0.826. The first kappa shape index (κ1) is 20.5. The molecule has 1 unspecified atom stereocenters. The van der Waals surface area contributed by atoms with Crippen molar-refractivity contribution in [3.05, 3.63) is 57.4 Å². The van der Waals surface area contributed by atoms with Crippen molar-refractivity contribution in [3.8, 4) is 11.4 Å². The number of benzene rings is 1. The van der Waals surface area contributed by atoms with Crippen LogP contribution < -0.4 is 0 Å². The molecule has 0 amide bonds. The minimum atomic E-state index is -0.276. The number of hydrogen-bond acceptors (Lipinski definition) is 5. The molecule has 6 nitrogen and oxygen atoms in total. The van der Waals surface area contributed by atoms with Crippen molar-refractivity contribution in [2.45, 2.75) is 38.7 Å². The van der Waals surface area contributed by atoms with Crippen molar-refractivity contribution in [3.63, 3.8) is 0 Å². The third kappa shape index (κ3) is 4.85. The first-order valence-electron chi connectivity index (χ1n) is 9.47. The van der Waals surface area contributed by atoms with E-state index >= 15 is 0 Å². The van der Waals surface area contributed by atoms with Gasteiger partial charge < -0.3 is 9.15 Å². The number of halogens is 2. The number of rotatable bonds is 7. The van der Waals surface area contributed by atoms with Gasteiger partial charge in [0.1, 0.15) is 11.6 Å². The molecule has 1 fully saturated rings. The molecule has 154 valence electrons. The first-order valence-corrected chi connectivity index (χ1v) is 10.7. The molecule has 2 aromatic heterocycles. The highest BCUT2D eigenvalue weighted by molar-refractivity contribution is 9.10. The van der Waals surface area contributed by atoms with E-state index in [1.165, 1.54) is 12.1 Å². The van der Waals surface area contributed by atoms with Gasteiger partial charge >= 0.3 is 0 Å². The number of furan rings is 1. The number of nitrogens with zero attached hydrogens (tertiary/aromatic N) is 4. The van der Waals surface area contributed by atoms with E-state index < -0.39 is 0 Å². The van der Waals surface area contributed by atoms with Crippen LogP contribution in [0.4, 0.5) is 4.39 Å². The van der Waals surface area contributed by atoms with Crippen molar-refractivity contribution >= 4 is 28.1 Å². The molecule has 0 aliphatic carbocycles. The summed E-state index contributed by atoms with van der Waals surface area (Å²) < 4.78 is 29.9. The summed E-state index contributed by atoms with van der Waals surface area (Å²) >= 11 is 9.06. The van der Waals surface area contributed by atoms with Crippen LogP contribution in [0.2, 0.25) is 0 Å². The zero-order valence-corrected chi connectivity index (χ0v) is 18.5. The summed E-state index contributed by atoms with van der Waals surface area (Å²) in [7, 11) is 1.98. The van der Waals surface area contributed by atoms with Gasteiger partial charge in [0.05, 0.1) is 25.9 Å². The average molecular weight is 481 g/mol. The summed E-state index contributed by atoms with van der Waals surface area (Å²) in [4.78, 5) is 2.07. The molecule has 4 rings (SSSR count). The zero-order valence-electron chi connectivity index (χ0n) is 16.1. The molecule has 0 bridgehead atoms. The fraction of sp³-hybridized carbons (Fsp3) is 0.400. The van der Waals surface area contributed by atoms with Gasteiger partial charge in [-0.2, -0.15) is 5.10 Å². The maximum atomic E-state index is 13.4. The van der Waals surface area contributed by atoms with Crippen molar-refractivity contribution in [2.24, 2.45) is 0 Å². The van der Waals surface area contributed by atoms with Crippen molar-refractivity contribution < 1.29 is 13.5 Å². The molecule has 0 N–H and O–H groups in total. The highest BCUT2D eigenvalue weighted by atomic mass is 79.9. The number of aromatic nitrogens is 3. The third-order valence-electron chi connectivity index (χ3n) is 4.87. The molecule has 0 radical (unpaired) electrons. The molecule has 1 aliphatic rings. The molecule has 3 aromatic rings. The predicted octanol–water partition coefficient (Wildman–Crippen LogP) is 4.84. The first-order chi connectivity index (χ1) is 14.0. The van der Waals surface area contributed by atoms with Crippen LogP contribution in [-0.4, -0.2) is 39.0 Å². The fourth-order valence-electron chi connectivity index (χ4n) is 3.48. The molecule has 1 atom stereocenters. The van der Waals surface area contributed by atoms with Gasteiger partial charge in [-0.05, 0) is 84.4 Å². The minimum Gasteiger partial charge on any atom is -0.453 e. The van der Waals surface area contributed by atoms with Gasteiger partial charge in [0, 0.05) is 12.2 Å². The normalized spacial score (nSPS) is 16.8. The van der Waals surface area contributed by atoms with Gasteiger partial charge in [-0.1, -0.05) is 0 Å². The maximum absolute atomic E-state index is 13.4. The van der Waals surface area contributed by atoms with Gasteiger partial charge in [-0.15, -0.1) is 0 Å². The summed E-state index contributed by atoms with van der Waals surface area (Å²) in [6.45, 7) is 2.54. The van der Waals surface area contributed by atoms with Crippen LogP contribution in [-0.2, 0) is 24.5 Å². The Labute approximate surface area is 182 Å². The average Bonchev–Trinajstić information content (AvgIpc) is 3.41. The lowest BCUT2D eigenvalue weighted by Gasteiger charge is -2.15. The van der Waals surface area contributed by atoms with Crippen LogP contribution in [0.3, 0.4) is 0 Å². The Hall–Kier alpha value is -1.81. The molecule has 3 heterocycles. The molecule has 9 heteroatoms. The van der Waals surface area contributed by atoms with E-state index in [4.69, 9.17) is 26.5 Å².